The van der Waals surface area contributed by atoms with Gasteiger partial charge in [-0.25, -0.2) is 4.98 Å². The van der Waals surface area contributed by atoms with Crippen molar-refractivity contribution in [1.82, 2.24) is 14.5 Å². The summed E-state index contributed by atoms with van der Waals surface area (Å²) in [5, 5.41) is 0. The van der Waals surface area contributed by atoms with E-state index < -0.39 is 0 Å². The molecule has 5 rings (SSSR count). The third-order valence-electron chi connectivity index (χ3n) is 7.35. The van der Waals surface area contributed by atoms with E-state index in [1.165, 1.54) is 16.7 Å². The molecule has 2 aromatic carbocycles. The van der Waals surface area contributed by atoms with Gasteiger partial charge in [-0.15, -0.1) is 0 Å². The Labute approximate surface area is 310 Å². The summed E-state index contributed by atoms with van der Waals surface area (Å²) < 4.78 is 2.18. The van der Waals surface area contributed by atoms with E-state index in [0.717, 1.165) is 46.3 Å². The summed E-state index contributed by atoms with van der Waals surface area (Å²) in [6.45, 7) is 22.5. The molecule has 3 aromatic rings. The zero-order valence-electron chi connectivity index (χ0n) is 33.4. The summed E-state index contributed by atoms with van der Waals surface area (Å²) in [4.78, 5) is 11.5. The van der Waals surface area contributed by atoms with Crippen LogP contribution in [0.3, 0.4) is 0 Å². The predicted octanol–water partition coefficient (Wildman–Crippen LogP) is 13.4. The highest BCUT2D eigenvalue weighted by molar-refractivity contribution is 6.01. The number of benzene rings is 2. The molecule has 0 fully saturated rings. The molecule has 0 atom stereocenters. The number of aliphatic imine (C=N–C) groups is 1. The Balaban J connectivity index is 0.000000399. The first-order valence-electron chi connectivity index (χ1n) is 18.2. The van der Waals surface area contributed by atoms with Crippen LogP contribution in [0.5, 0.6) is 0 Å². The van der Waals surface area contributed by atoms with Gasteiger partial charge in [0.05, 0.1) is 17.1 Å². The largest absolute Gasteiger partial charge is 0.357 e. The van der Waals surface area contributed by atoms with Crippen LogP contribution in [0.25, 0.3) is 17.8 Å². The molecule has 2 aliphatic rings. The number of rotatable bonds is 6. The molecule has 4 heteroatoms. The van der Waals surface area contributed by atoms with Crippen molar-refractivity contribution < 1.29 is 0 Å². The average Bonchev–Trinajstić information content (AvgIpc) is 3.24. The van der Waals surface area contributed by atoms with Gasteiger partial charge in [-0.1, -0.05) is 142 Å². The minimum absolute atomic E-state index is 0.998. The molecular formula is C47H62N4. The van der Waals surface area contributed by atoms with Crippen LogP contribution >= 0.6 is 0 Å². The number of aromatic nitrogens is 2. The third-order valence-corrected chi connectivity index (χ3v) is 7.35. The average molecular weight is 683 g/mol. The smallest absolute Gasteiger partial charge is 0.111 e. The lowest BCUT2D eigenvalue weighted by molar-refractivity contribution is 0.635. The normalized spacial score (nSPS) is 14.0. The SMILES string of the molecule is CC.CC.C\C=C/C=C\C(=C/C=C/C)C(C)=NC1=C(C)C=CCC(C)=C1.Cc1ccccc1.Cc1nc2c(n1-c1ccccc1)C=CN(C)C=C2. The van der Waals surface area contributed by atoms with E-state index in [1.54, 1.807) is 0 Å². The maximum absolute atomic E-state index is 4.85. The Kier molecular flexibility index (Phi) is 22.1. The molecule has 0 bridgehead atoms. The first-order chi connectivity index (χ1) is 24.7. The topological polar surface area (TPSA) is 33.4 Å². The predicted molar refractivity (Wildman–Crippen MR) is 228 cm³/mol. The van der Waals surface area contributed by atoms with Gasteiger partial charge in [-0.3, -0.25) is 9.56 Å². The Morgan fingerprint density at radius 2 is 1.37 bits per heavy atom. The summed E-state index contributed by atoms with van der Waals surface area (Å²) in [7, 11) is 2.01. The standard InChI is InChI=1S/C21H27N.C15H15N3.C7H8.2C2H6/c1-6-8-10-15-20(14-9-7-2)19(5)22-21-16-17(3)12-11-13-18(21)4;1-12-16-14-8-10-17(2)11-9-15(14)18(12)13-6-4-3-5-7-13;1-7-5-3-2-4-6-7;2*1-2/h6-11,13-16H,12H2,1-5H3;3-11H,1-2H3;2-6H,1H3;2*1-2H3/b8-6-,9-7+,15-10-,20-14+,22-19?;;;;. The van der Waals surface area contributed by atoms with Crippen LogP contribution in [0.2, 0.25) is 0 Å². The second kappa shape index (κ2) is 25.7. The van der Waals surface area contributed by atoms with Gasteiger partial charge in [-0.05, 0) is 96.4 Å². The molecule has 1 aliphatic heterocycles. The number of nitrogens with zero attached hydrogens (tertiary/aromatic N) is 4. The van der Waals surface area contributed by atoms with Gasteiger partial charge in [0.2, 0.25) is 0 Å². The number of fused-ring (bicyclic) bond motifs is 1. The molecular weight excluding hydrogens is 621 g/mol. The van der Waals surface area contributed by atoms with Gasteiger partial charge in [0, 0.05) is 30.8 Å². The lowest BCUT2D eigenvalue weighted by Gasteiger charge is -2.08. The lowest BCUT2D eigenvalue weighted by atomic mass is 10.1. The molecule has 0 radical (unpaired) electrons. The van der Waals surface area contributed by atoms with Crippen LogP contribution in [-0.4, -0.2) is 27.2 Å². The Bertz CT molecular complexity index is 1750. The van der Waals surface area contributed by atoms with Crippen molar-refractivity contribution in [1.29, 1.82) is 0 Å². The Hall–Kier alpha value is -5.22. The van der Waals surface area contributed by atoms with E-state index in [-0.39, 0.29) is 0 Å². The van der Waals surface area contributed by atoms with Gasteiger partial charge < -0.3 is 4.90 Å². The maximum atomic E-state index is 4.85. The fraction of sp³-hybridized carbons (Fsp3) is 0.277. The first kappa shape index (κ1) is 43.8. The van der Waals surface area contributed by atoms with E-state index in [9.17, 15) is 0 Å². The van der Waals surface area contributed by atoms with E-state index in [1.807, 2.05) is 146 Å². The minimum Gasteiger partial charge on any atom is -0.357 e. The molecule has 0 saturated heterocycles. The van der Waals surface area contributed by atoms with Crippen LogP contribution in [0.1, 0.15) is 91.5 Å². The van der Waals surface area contributed by atoms with Crippen molar-refractivity contribution in [2.75, 3.05) is 7.05 Å². The Morgan fingerprint density at radius 3 is 1.96 bits per heavy atom. The van der Waals surface area contributed by atoms with Crippen molar-refractivity contribution in [2.24, 2.45) is 4.99 Å². The number of allylic oxidation sites excluding steroid dienone is 13. The molecule has 0 saturated carbocycles. The van der Waals surface area contributed by atoms with Crippen molar-refractivity contribution in [2.45, 2.75) is 82.6 Å². The fourth-order valence-electron chi connectivity index (χ4n) is 4.76. The highest BCUT2D eigenvalue weighted by atomic mass is 15.1. The number of hydrogen-bond donors (Lipinski definition) is 0. The molecule has 0 N–H and O–H groups in total. The van der Waals surface area contributed by atoms with Crippen LogP contribution in [0.15, 0.2) is 161 Å². The number of hydrogen-bond acceptors (Lipinski definition) is 3. The minimum atomic E-state index is 0.998. The first-order valence-corrected chi connectivity index (χ1v) is 18.2. The van der Waals surface area contributed by atoms with Crippen molar-refractivity contribution in [3.8, 4) is 5.69 Å². The number of para-hydroxylation sites is 1. The number of imidazole rings is 1. The van der Waals surface area contributed by atoms with Gasteiger partial charge in [-0.2, -0.15) is 0 Å². The van der Waals surface area contributed by atoms with Gasteiger partial charge in [0.15, 0.2) is 0 Å². The highest BCUT2D eigenvalue weighted by Crippen LogP contribution is 2.23. The highest BCUT2D eigenvalue weighted by Gasteiger charge is 2.13. The molecule has 1 aromatic heterocycles. The van der Waals surface area contributed by atoms with Crippen LogP contribution < -0.4 is 0 Å². The second-order valence-corrected chi connectivity index (χ2v) is 11.4. The van der Waals surface area contributed by atoms with Crippen LogP contribution in [0, 0.1) is 13.8 Å². The number of aryl methyl sites for hydroxylation is 2. The molecule has 51 heavy (non-hydrogen) atoms. The van der Waals surface area contributed by atoms with Crippen LogP contribution in [0.4, 0.5) is 0 Å². The van der Waals surface area contributed by atoms with Crippen molar-refractivity contribution in [3.05, 3.63) is 179 Å². The summed E-state index contributed by atoms with van der Waals surface area (Å²) in [5.74, 6) is 1.00. The van der Waals surface area contributed by atoms with Crippen molar-refractivity contribution in [3.63, 3.8) is 0 Å². The molecule has 0 unspecified atom stereocenters. The van der Waals surface area contributed by atoms with Gasteiger partial charge in [0.1, 0.15) is 5.82 Å². The van der Waals surface area contributed by atoms with E-state index in [0.29, 0.717) is 0 Å². The lowest BCUT2D eigenvalue weighted by Crippen LogP contribution is -2.00. The summed E-state index contributed by atoms with van der Waals surface area (Å²) in [6, 6.07) is 20.6. The molecule has 1 aliphatic carbocycles. The summed E-state index contributed by atoms with van der Waals surface area (Å²) in [5.41, 5.74) is 10.3. The third kappa shape index (κ3) is 15.9. The van der Waals surface area contributed by atoms with E-state index >= 15 is 0 Å². The van der Waals surface area contributed by atoms with Gasteiger partial charge >= 0.3 is 0 Å². The molecule has 0 amide bonds. The molecule has 0 spiro atoms. The van der Waals surface area contributed by atoms with E-state index in [4.69, 9.17) is 4.99 Å². The molecule has 270 valence electrons. The maximum Gasteiger partial charge on any atom is 0.111 e. The second-order valence-electron chi connectivity index (χ2n) is 11.4. The van der Waals surface area contributed by atoms with E-state index in [2.05, 4.69) is 98.0 Å². The summed E-state index contributed by atoms with van der Waals surface area (Å²) in [6.07, 6.45) is 30.1. The quantitative estimate of drug-likeness (QED) is 0.191. The zero-order valence-corrected chi connectivity index (χ0v) is 33.4. The Morgan fingerprint density at radius 1 is 0.765 bits per heavy atom. The molecule has 2 heterocycles. The molecule has 4 nitrogen and oxygen atoms in total. The van der Waals surface area contributed by atoms with Crippen LogP contribution in [-0.2, 0) is 0 Å². The van der Waals surface area contributed by atoms with Gasteiger partial charge in [0.25, 0.3) is 0 Å². The van der Waals surface area contributed by atoms with Crippen molar-refractivity contribution >= 4 is 17.9 Å². The summed E-state index contributed by atoms with van der Waals surface area (Å²) >= 11 is 0. The zero-order chi connectivity index (χ0) is 38.0. The fourth-order valence-corrected chi connectivity index (χ4v) is 4.76. The monoisotopic (exact) mass is 682 g/mol.